The SMILES string of the molecule is O=[N+]([O-])c1ccc(-c2csc(CC3CCCN3)n2)cc1. The van der Waals surface area contributed by atoms with Crippen molar-refractivity contribution >= 4 is 17.0 Å². The fraction of sp³-hybridized carbons (Fsp3) is 0.357. The highest BCUT2D eigenvalue weighted by molar-refractivity contribution is 7.09. The number of nitro groups is 1. The minimum atomic E-state index is -0.387. The Balaban J connectivity index is 1.73. The summed E-state index contributed by atoms with van der Waals surface area (Å²) < 4.78 is 0. The Kier molecular flexibility index (Phi) is 3.75. The Hall–Kier alpha value is -1.79. The highest BCUT2D eigenvalue weighted by atomic mass is 32.1. The summed E-state index contributed by atoms with van der Waals surface area (Å²) in [6, 6.07) is 7.10. The zero-order valence-electron chi connectivity index (χ0n) is 10.9. The molecule has 104 valence electrons. The average molecular weight is 289 g/mol. The fourth-order valence-corrected chi connectivity index (χ4v) is 3.32. The number of nitro benzene ring substituents is 1. The monoisotopic (exact) mass is 289 g/mol. The molecular formula is C14H15N3O2S. The van der Waals surface area contributed by atoms with Crippen LogP contribution in [0.25, 0.3) is 11.3 Å². The molecule has 20 heavy (non-hydrogen) atoms. The molecule has 3 rings (SSSR count). The fourth-order valence-electron chi connectivity index (χ4n) is 2.43. The van der Waals surface area contributed by atoms with Gasteiger partial charge in [0.1, 0.15) is 0 Å². The normalized spacial score (nSPS) is 18.3. The van der Waals surface area contributed by atoms with Gasteiger partial charge in [-0.25, -0.2) is 4.98 Å². The molecule has 0 amide bonds. The van der Waals surface area contributed by atoms with Crippen LogP contribution in [-0.4, -0.2) is 22.5 Å². The van der Waals surface area contributed by atoms with E-state index >= 15 is 0 Å². The van der Waals surface area contributed by atoms with Crippen LogP contribution in [0.5, 0.6) is 0 Å². The predicted molar refractivity (Wildman–Crippen MR) is 78.9 cm³/mol. The van der Waals surface area contributed by atoms with Gasteiger partial charge in [-0.2, -0.15) is 0 Å². The number of aromatic nitrogens is 1. The molecule has 1 fully saturated rings. The first-order valence-electron chi connectivity index (χ1n) is 6.65. The largest absolute Gasteiger partial charge is 0.314 e. The molecule has 0 saturated carbocycles. The van der Waals surface area contributed by atoms with Crippen LogP contribution < -0.4 is 5.32 Å². The van der Waals surface area contributed by atoms with Crippen LogP contribution in [0.2, 0.25) is 0 Å². The molecule has 1 unspecified atom stereocenters. The van der Waals surface area contributed by atoms with Crippen molar-refractivity contribution in [2.24, 2.45) is 0 Å². The topological polar surface area (TPSA) is 68.1 Å². The molecule has 6 heteroatoms. The van der Waals surface area contributed by atoms with Gasteiger partial charge in [-0.15, -0.1) is 11.3 Å². The predicted octanol–water partition coefficient (Wildman–Crippen LogP) is 3.01. The highest BCUT2D eigenvalue weighted by Gasteiger charge is 2.16. The minimum Gasteiger partial charge on any atom is -0.314 e. The van der Waals surface area contributed by atoms with Crippen molar-refractivity contribution in [1.29, 1.82) is 0 Å². The van der Waals surface area contributed by atoms with E-state index in [0.717, 1.165) is 29.2 Å². The van der Waals surface area contributed by atoms with Crippen molar-refractivity contribution in [3.63, 3.8) is 0 Å². The van der Waals surface area contributed by atoms with Crippen LogP contribution in [0.3, 0.4) is 0 Å². The van der Waals surface area contributed by atoms with Gasteiger partial charge < -0.3 is 5.32 Å². The third-order valence-electron chi connectivity index (χ3n) is 3.51. The Morgan fingerprint density at radius 3 is 2.85 bits per heavy atom. The molecule has 1 aromatic carbocycles. The van der Waals surface area contributed by atoms with Gasteiger partial charge in [0.05, 0.1) is 15.6 Å². The number of hydrogen-bond donors (Lipinski definition) is 1. The Bertz CT molecular complexity index is 603. The van der Waals surface area contributed by atoms with Gasteiger partial charge in [-0.1, -0.05) is 0 Å². The van der Waals surface area contributed by atoms with Crippen molar-refractivity contribution in [3.8, 4) is 11.3 Å². The molecule has 0 radical (unpaired) electrons. The van der Waals surface area contributed by atoms with Crippen LogP contribution in [0.15, 0.2) is 29.6 Å². The summed E-state index contributed by atoms with van der Waals surface area (Å²) in [6.45, 7) is 1.10. The Morgan fingerprint density at radius 2 is 2.20 bits per heavy atom. The zero-order chi connectivity index (χ0) is 13.9. The van der Waals surface area contributed by atoms with Crippen LogP contribution >= 0.6 is 11.3 Å². The maximum Gasteiger partial charge on any atom is 0.269 e. The molecule has 5 nitrogen and oxygen atoms in total. The Morgan fingerprint density at radius 1 is 1.40 bits per heavy atom. The maximum atomic E-state index is 10.6. The van der Waals surface area contributed by atoms with Crippen molar-refractivity contribution in [1.82, 2.24) is 10.3 Å². The van der Waals surface area contributed by atoms with E-state index in [1.807, 2.05) is 5.38 Å². The van der Waals surface area contributed by atoms with Crippen LogP contribution in [-0.2, 0) is 6.42 Å². The molecule has 1 N–H and O–H groups in total. The Labute approximate surface area is 120 Å². The third-order valence-corrected chi connectivity index (χ3v) is 4.38. The summed E-state index contributed by atoms with van der Waals surface area (Å²) >= 11 is 1.66. The smallest absolute Gasteiger partial charge is 0.269 e. The van der Waals surface area contributed by atoms with Gasteiger partial charge >= 0.3 is 0 Å². The summed E-state index contributed by atoms with van der Waals surface area (Å²) in [5, 5.41) is 17.2. The summed E-state index contributed by atoms with van der Waals surface area (Å²) in [7, 11) is 0. The molecule has 1 aliphatic rings. The van der Waals surface area contributed by atoms with E-state index in [1.165, 1.54) is 25.0 Å². The lowest BCUT2D eigenvalue weighted by Crippen LogP contribution is -2.23. The second-order valence-corrected chi connectivity index (χ2v) is 5.87. The lowest BCUT2D eigenvalue weighted by atomic mass is 10.1. The minimum absolute atomic E-state index is 0.111. The number of benzene rings is 1. The van der Waals surface area contributed by atoms with Gasteiger partial charge in [0, 0.05) is 35.5 Å². The number of hydrogen-bond acceptors (Lipinski definition) is 5. The van der Waals surface area contributed by atoms with Crippen molar-refractivity contribution in [3.05, 3.63) is 44.8 Å². The molecule has 2 heterocycles. The second kappa shape index (κ2) is 5.68. The number of non-ortho nitro benzene ring substituents is 1. The van der Waals surface area contributed by atoms with Gasteiger partial charge in [-0.05, 0) is 31.5 Å². The number of nitrogens with zero attached hydrogens (tertiary/aromatic N) is 2. The van der Waals surface area contributed by atoms with E-state index in [-0.39, 0.29) is 10.6 Å². The van der Waals surface area contributed by atoms with E-state index < -0.39 is 0 Å². The summed E-state index contributed by atoms with van der Waals surface area (Å²) in [5.41, 5.74) is 1.94. The molecule has 0 aliphatic carbocycles. The first-order chi connectivity index (χ1) is 9.72. The first-order valence-corrected chi connectivity index (χ1v) is 7.53. The van der Waals surface area contributed by atoms with Crippen LogP contribution in [0.1, 0.15) is 17.8 Å². The summed E-state index contributed by atoms with van der Waals surface area (Å²) in [4.78, 5) is 14.9. The van der Waals surface area contributed by atoms with Crippen LogP contribution in [0.4, 0.5) is 5.69 Å². The molecule has 1 aromatic heterocycles. The summed E-state index contributed by atoms with van der Waals surface area (Å²) in [6.07, 6.45) is 3.43. The van der Waals surface area contributed by atoms with Gasteiger partial charge in [0.15, 0.2) is 0 Å². The first kappa shape index (κ1) is 13.2. The quantitative estimate of drug-likeness (QED) is 0.694. The average Bonchev–Trinajstić information content (AvgIpc) is 3.11. The number of rotatable bonds is 4. The zero-order valence-corrected chi connectivity index (χ0v) is 11.7. The molecule has 1 atom stereocenters. The molecule has 1 aliphatic heterocycles. The standard InChI is InChI=1S/C14H15N3O2S/c18-17(19)12-5-3-10(4-6-12)13-9-20-14(16-13)8-11-2-1-7-15-11/h3-6,9,11,15H,1-2,7-8H2. The van der Waals surface area contributed by atoms with E-state index in [1.54, 1.807) is 23.5 Å². The highest BCUT2D eigenvalue weighted by Crippen LogP contribution is 2.25. The van der Waals surface area contributed by atoms with Crippen molar-refractivity contribution < 1.29 is 4.92 Å². The molecule has 0 bridgehead atoms. The summed E-state index contributed by atoms with van der Waals surface area (Å²) in [5.74, 6) is 0. The molecule has 2 aromatic rings. The molecule has 0 spiro atoms. The van der Waals surface area contributed by atoms with E-state index in [9.17, 15) is 10.1 Å². The van der Waals surface area contributed by atoms with Crippen LogP contribution in [0, 0.1) is 10.1 Å². The lowest BCUT2D eigenvalue weighted by Gasteiger charge is -2.06. The number of nitrogens with one attached hydrogen (secondary N) is 1. The van der Waals surface area contributed by atoms with Gasteiger partial charge in [0.2, 0.25) is 0 Å². The number of thiazole rings is 1. The van der Waals surface area contributed by atoms with Crippen molar-refractivity contribution in [2.75, 3.05) is 6.54 Å². The van der Waals surface area contributed by atoms with E-state index in [0.29, 0.717) is 6.04 Å². The van der Waals surface area contributed by atoms with E-state index in [2.05, 4.69) is 10.3 Å². The maximum absolute atomic E-state index is 10.6. The lowest BCUT2D eigenvalue weighted by molar-refractivity contribution is -0.384. The van der Waals surface area contributed by atoms with Gasteiger partial charge in [-0.3, -0.25) is 10.1 Å². The second-order valence-electron chi connectivity index (χ2n) is 4.93. The van der Waals surface area contributed by atoms with E-state index in [4.69, 9.17) is 0 Å². The van der Waals surface area contributed by atoms with Crippen molar-refractivity contribution in [2.45, 2.75) is 25.3 Å². The third kappa shape index (κ3) is 2.86. The van der Waals surface area contributed by atoms with Gasteiger partial charge in [0.25, 0.3) is 5.69 Å². The molecule has 1 saturated heterocycles. The molecular weight excluding hydrogens is 274 g/mol.